The lowest BCUT2D eigenvalue weighted by Gasteiger charge is -2.26. The third-order valence-corrected chi connectivity index (χ3v) is 4.23. The van der Waals surface area contributed by atoms with Crippen molar-refractivity contribution in [3.05, 3.63) is 41.5 Å². The van der Waals surface area contributed by atoms with Gasteiger partial charge in [-0.2, -0.15) is 13.2 Å². The van der Waals surface area contributed by atoms with Crippen molar-refractivity contribution in [2.24, 2.45) is 5.92 Å². The number of fused-ring (bicyclic) bond motifs is 1. The fraction of sp³-hybridized carbons (Fsp3) is 0.500. The van der Waals surface area contributed by atoms with Crippen LogP contribution in [0.4, 0.5) is 13.2 Å². The van der Waals surface area contributed by atoms with Gasteiger partial charge in [-0.3, -0.25) is 0 Å². The van der Waals surface area contributed by atoms with Gasteiger partial charge in [0, 0.05) is 19.5 Å². The van der Waals surface area contributed by atoms with Crippen LogP contribution in [-0.2, 0) is 26.1 Å². The van der Waals surface area contributed by atoms with E-state index in [4.69, 9.17) is 4.74 Å². The largest absolute Gasteiger partial charge is 0.497 e. The molecule has 5 nitrogen and oxygen atoms in total. The molecule has 0 amide bonds. The molecule has 3 rings (SSSR count). The van der Waals surface area contributed by atoms with Crippen molar-refractivity contribution < 1.29 is 17.9 Å². The van der Waals surface area contributed by atoms with Crippen LogP contribution in [0.5, 0.6) is 5.75 Å². The first kappa shape index (κ1) is 16.8. The van der Waals surface area contributed by atoms with Gasteiger partial charge in [0.25, 0.3) is 0 Å². The highest BCUT2D eigenvalue weighted by molar-refractivity contribution is 5.28. The maximum Gasteiger partial charge on any atom is 0.393 e. The monoisotopic (exact) mass is 340 g/mol. The van der Waals surface area contributed by atoms with Gasteiger partial charge in [0.2, 0.25) is 0 Å². The Bertz CT molecular complexity index is 699. The van der Waals surface area contributed by atoms with E-state index in [1.807, 2.05) is 24.3 Å². The second-order valence-electron chi connectivity index (χ2n) is 5.88. The minimum atomic E-state index is -4.17. The Morgan fingerprint density at radius 1 is 1.29 bits per heavy atom. The molecule has 0 spiro atoms. The van der Waals surface area contributed by atoms with E-state index in [-0.39, 0.29) is 13.0 Å². The van der Waals surface area contributed by atoms with Crippen molar-refractivity contribution in [3.63, 3.8) is 0 Å². The summed E-state index contributed by atoms with van der Waals surface area (Å²) in [7, 11) is 1.60. The first-order chi connectivity index (χ1) is 11.5. The molecule has 2 aromatic rings. The molecule has 0 unspecified atom stereocenters. The summed E-state index contributed by atoms with van der Waals surface area (Å²) in [6.45, 7) is 0.846. The number of methoxy groups -OCH3 is 1. The normalized spacial score (nSPS) is 17.6. The van der Waals surface area contributed by atoms with Crippen molar-refractivity contribution in [1.82, 2.24) is 20.1 Å². The number of benzene rings is 1. The maximum absolute atomic E-state index is 12.9. The van der Waals surface area contributed by atoms with Gasteiger partial charge in [-0.1, -0.05) is 12.1 Å². The molecule has 0 radical (unpaired) electrons. The summed E-state index contributed by atoms with van der Waals surface area (Å²) in [5.74, 6) is 0.621. The number of nitrogens with zero attached hydrogens (tertiary/aromatic N) is 3. The summed E-state index contributed by atoms with van der Waals surface area (Å²) in [4.78, 5) is 0. The van der Waals surface area contributed by atoms with E-state index >= 15 is 0 Å². The predicted molar refractivity (Wildman–Crippen MR) is 81.4 cm³/mol. The van der Waals surface area contributed by atoms with Crippen LogP contribution in [0.3, 0.4) is 0 Å². The van der Waals surface area contributed by atoms with Crippen molar-refractivity contribution >= 4 is 0 Å². The molecule has 24 heavy (non-hydrogen) atoms. The number of hydrogen-bond acceptors (Lipinski definition) is 4. The van der Waals surface area contributed by atoms with Crippen molar-refractivity contribution in [2.45, 2.75) is 38.7 Å². The van der Waals surface area contributed by atoms with E-state index in [1.165, 1.54) is 0 Å². The number of hydrogen-bond donors (Lipinski definition) is 1. The molecule has 1 aliphatic rings. The number of halogens is 3. The molecule has 130 valence electrons. The van der Waals surface area contributed by atoms with Crippen LogP contribution in [0.25, 0.3) is 0 Å². The average molecular weight is 340 g/mol. The summed E-state index contributed by atoms with van der Waals surface area (Å²) in [6.07, 6.45) is -3.78. The van der Waals surface area contributed by atoms with Crippen LogP contribution in [0.2, 0.25) is 0 Å². The lowest BCUT2D eigenvalue weighted by Crippen LogP contribution is -2.33. The molecule has 0 saturated carbocycles. The zero-order valence-corrected chi connectivity index (χ0v) is 13.3. The smallest absolute Gasteiger partial charge is 0.393 e. The summed E-state index contributed by atoms with van der Waals surface area (Å²) >= 11 is 0. The molecule has 8 heteroatoms. The lowest BCUT2D eigenvalue weighted by molar-refractivity contribution is -0.182. The van der Waals surface area contributed by atoms with Crippen LogP contribution < -0.4 is 10.1 Å². The Kier molecular flexibility index (Phi) is 4.75. The molecular weight excluding hydrogens is 321 g/mol. The highest BCUT2D eigenvalue weighted by Crippen LogP contribution is 2.34. The van der Waals surface area contributed by atoms with Gasteiger partial charge in [-0.15, -0.1) is 10.2 Å². The minimum absolute atomic E-state index is 0.0822. The average Bonchev–Trinajstić information content (AvgIpc) is 2.97. The second-order valence-corrected chi connectivity index (χ2v) is 5.88. The molecule has 0 bridgehead atoms. The minimum Gasteiger partial charge on any atom is -0.497 e. The zero-order valence-electron chi connectivity index (χ0n) is 13.3. The van der Waals surface area contributed by atoms with Crippen molar-refractivity contribution in [2.75, 3.05) is 7.11 Å². The summed E-state index contributed by atoms with van der Waals surface area (Å²) in [5.41, 5.74) is 1.03. The Hall–Kier alpha value is -2.09. The molecule has 1 atom stereocenters. The molecule has 1 N–H and O–H groups in total. The van der Waals surface area contributed by atoms with E-state index in [9.17, 15) is 13.2 Å². The first-order valence-electron chi connectivity index (χ1n) is 7.78. The van der Waals surface area contributed by atoms with Gasteiger partial charge in [0.05, 0.1) is 19.6 Å². The molecule has 0 aliphatic carbocycles. The van der Waals surface area contributed by atoms with Gasteiger partial charge in [0.15, 0.2) is 0 Å². The number of aryl methyl sites for hydroxylation is 1. The molecule has 2 heterocycles. The first-order valence-corrected chi connectivity index (χ1v) is 7.78. The van der Waals surface area contributed by atoms with Gasteiger partial charge >= 0.3 is 6.18 Å². The number of nitrogens with one attached hydrogen (secondary N) is 1. The number of alkyl halides is 3. The molecule has 1 aliphatic heterocycles. The SMILES string of the molecule is COc1cccc(CNCc2nnc3n2C[C@H](C(F)(F)F)CC3)c1. The Morgan fingerprint density at radius 2 is 2.12 bits per heavy atom. The van der Waals surface area contributed by atoms with Crippen LogP contribution in [-0.4, -0.2) is 28.1 Å². The highest BCUT2D eigenvalue weighted by Gasteiger charge is 2.42. The number of ether oxygens (including phenoxy) is 1. The fourth-order valence-electron chi connectivity index (χ4n) is 2.88. The maximum atomic E-state index is 12.9. The van der Waals surface area contributed by atoms with Crippen molar-refractivity contribution in [1.29, 1.82) is 0 Å². The molecule has 0 fully saturated rings. The van der Waals surface area contributed by atoms with E-state index in [0.29, 0.717) is 31.2 Å². The second kappa shape index (κ2) is 6.80. The van der Waals surface area contributed by atoms with Crippen LogP contribution in [0.15, 0.2) is 24.3 Å². The van der Waals surface area contributed by atoms with E-state index in [2.05, 4.69) is 15.5 Å². The van der Waals surface area contributed by atoms with Gasteiger partial charge in [-0.25, -0.2) is 0 Å². The van der Waals surface area contributed by atoms with E-state index < -0.39 is 12.1 Å². The predicted octanol–water partition coefficient (Wildman–Crippen LogP) is 2.70. The molecule has 0 saturated heterocycles. The van der Waals surface area contributed by atoms with E-state index in [0.717, 1.165) is 11.3 Å². The highest BCUT2D eigenvalue weighted by atomic mass is 19.4. The van der Waals surface area contributed by atoms with Crippen LogP contribution >= 0.6 is 0 Å². The summed E-state index contributed by atoms with van der Waals surface area (Å²) < 4.78 is 45.6. The Morgan fingerprint density at radius 3 is 2.88 bits per heavy atom. The quantitative estimate of drug-likeness (QED) is 0.909. The lowest BCUT2D eigenvalue weighted by atomic mass is 9.99. The van der Waals surface area contributed by atoms with Crippen molar-refractivity contribution in [3.8, 4) is 5.75 Å². The van der Waals surface area contributed by atoms with Gasteiger partial charge < -0.3 is 14.6 Å². The van der Waals surface area contributed by atoms with Crippen LogP contribution in [0, 0.1) is 5.92 Å². The van der Waals surface area contributed by atoms with Gasteiger partial charge in [0.1, 0.15) is 17.4 Å². The Balaban J connectivity index is 1.62. The standard InChI is InChI=1S/C16H19F3N4O/c1-24-13-4-2-3-11(7-13)8-20-9-15-22-21-14-6-5-12(10-23(14)15)16(17,18)19/h2-4,7,12,20H,5-6,8-10H2,1H3/t12-/m1/s1. The zero-order chi connectivity index (χ0) is 17.2. The fourth-order valence-corrected chi connectivity index (χ4v) is 2.88. The molecule has 1 aromatic heterocycles. The number of aromatic nitrogens is 3. The summed E-state index contributed by atoms with van der Waals surface area (Å²) in [5, 5.41) is 11.2. The number of rotatable bonds is 5. The third-order valence-electron chi connectivity index (χ3n) is 4.23. The van der Waals surface area contributed by atoms with Gasteiger partial charge in [-0.05, 0) is 24.1 Å². The Labute approximate surface area is 137 Å². The molecule has 1 aromatic carbocycles. The van der Waals surface area contributed by atoms with E-state index in [1.54, 1.807) is 11.7 Å². The third kappa shape index (κ3) is 3.69. The molecular formula is C16H19F3N4O. The summed E-state index contributed by atoms with van der Waals surface area (Å²) in [6, 6.07) is 7.61. The topological polar surface area (TPSA) is 52.0 Å². The van der Waals surface area contributed by atoms with Crippen LogP contribution in [0.1, 0.15) is 23.6 Å².